The van der Waals surface area contributed by atoms with E-state index in [4.69, 9.17) is 9.47 Å². The highest BCUT2D eigenvalue weighted by molar-refractivity contribution is 5.28. The minimum Gasteiger partial charge on any atom is -0.383 e. The van der Waals surface area contributed by atoms with Gasteiger partial charge in [-0.25, -0.2) is 0 Å². The maximum absolute atomic E-state index is 11.3. The number of aliphatic hydroxyl groups is 2. The zero-order valence-electron chi connectivity index (χ0n) is 15.1. The van der Waals surface area contributed by atoms with Crippen LogP contribution in [0.1, 0.15) is 38.8 Å². The number of hydrogen-bond donors (Lipinski definition) is 2. The Labute approximate surface area is 149 Å². The second-order valence-electron chi connectivity index (χ2n) is 7.50. The van der Waals surface area contributed by atoms with Crippen LogP contribution in [0.2, 0.25) is 0 Å². The van der Waals surface area contributed by atoms with Gasteiger partial charge in [0.2, 0.25) is 0 Å². The third-order valence-corrected chi connectivity index (χ3v) is 4.92. The van der Waals surface area contributed by atoms with Crippen LogP contribution in [-0.4, -0.2) is 28.2 Å². The third-order valence-electron chi connectivity index (χ3n) is 4.92. The molecule has 134 valence electrons. The van der Waals surface area contributed by atoms with E-state index >= 15 is 0 Å². The van der Waals surface area contributed by atoms with Gasteiger partial charge < -0.3 is 19.7 Å². The average molecular weight is 342 g/mol. The Kier molecular flexibility index (Phi) is 4.50. The van der Waals surface area contributed by atoms with Crippen LogP contribution in [0.15, 0.2) is 60.7 Å². The van der Waals surface area contributed by atoms with Gasteiger partial charge in [0, 0.05) is 0 Å². The predicted molar refractivity (Wildman–Crippen MR) is 95.9 cm³/mol. The fourth-order valence-corrected chi connectivity index (χ4v) is 3.46. The standard InChI is InChI=1S/C21H26O4/c1-19(2)24-17(20(3,22)15-11-7-5-8-12-15)18(25-19)21(4,23)16-13-9-6-10-14-16/h5-14,17-18,22-23H,1-4H3/t17-,18-,20-,21+/m0/s1. The molecule has 2 aromatic rings. The monoisotopic (exact) mass is 342 g/mol. The molecule has 0 saturated carbocycles. The molecule has 4 heteroatoms. The van der Waals surface area contributed by atoms with Crippen molar-refractivity contribution < 1.29 is 19.7 Å². The third kappa shape index (κ3) is 3.35. The summed E-state index contributed by atoms with van der Waals surface area (Å²) in [5, 5.41) is 22.6. The first-order valence-electron chi connectivity index (χ1n) is 8.56. The molecule has 0 spiro atoms. The molecule has 1 fully saturated rings. The molecular weight excluding hydrogens is 316 g/mol. The van der Waals surface area contributed by atoms with Crippen molar-refractivity contribution >= 4 is 0 Å². The molecule has 0 amide bonds. The zero-order valence-corrected chi connectivity index (χ0v) is 15.1. The lowest BCUT2D eigenvalue weighted by Crippen LogP contribution is -2.51. The van der Waals surface area contributed by atoms with Crippen molar-refractivity contribution in [2.24, 2.45) is 0 Å². The molecule has 4 atom stereocenters. The summed E-state index contributed by atoms with van der Waals surface area (Å²) in [5.41, 5.74) is -1.21. The van der Waals surface area contributed by atoms with E-state index in [1.807, 2.05) is 60.7 Å². The number of benzene rings is 2. The molecule has 25 heavy (non-hydrogen) atoms. The lowest BCUT2D eigenvalue weighted by Gasteiger charge is -2.38. The van der Waals surface area contributed by atoms with E-state index in [2.05, 4.69) is 0 Å². The normalized spacial score (nSPS) is 27.4. The highest BCUT2D eigenvalue weighted by Crippen LogP contribution is 2.45. The van der Waals surface area contributed by atoms with Crippen LogP contribution in [0.4, 0.5) is 0 Å². The van der Waals surface area contributed by atoms with E-state index < -0.39 is 29.2 Å². The Balaban J connectivity index is 2.02. The molecule has 4 nitrogen and oxygen atoms in total. The second-order valence-corrected chi connectivity index (χ2v) is 7.50. The first-order valence-corrected chi connectivity index (χ1v) is 8.56. The predicted octanol–water partition coefficient (Wildman–Crippen LogP) is 3.32. The Morgan fingerprint density at radius 3 is 1.36 bits per heavy atom. The van der Waals surface area contributed by atoms with Gasteiger partial charge in [-0.15, -0.1) is 0 Å². The van der Waals surface area contributed by atoms with E-state index in [1.54, 1.807) is 27.7 Å². The van der Waals surface area contributed by atoms with Crippen molar-refractivity contribution in [1.29, 1.82) is 0 Å². The highest BCUT2D eigenvalue weighted by Gasteiger charge is 2.57. The van der Waals surface area contributed by atoms with Crippen LogP contribution in [0.5, 0.6) is 0 Å². The van der Waals surface area contributed by atoms with E-state index in [1.165, 1.54) is 0 Å². The Bertz CT molecular complexity index is 646. The first kappa shape index (κ1) is 18.1. The maximum Gasteiger partial charge on any atom is 0.164 e. The van der Waals surface area contributed by atoms with Gasteiger partial charge >= 0.3 is 0 Å². The van der Waals surface area contributed by atoms with Crippen molar-refractivity contribution in [1.82, 2.24) is 0 Å². The lowest BCUT2D eigenvalue weighted by molar-refractivity contribution is -0.175. The molecule has 1 aliphatic rings. The van der Waals surface area contributed by atoms with Crippen molar-refractivity contribution in [3.63, 3.8) is 0 Å². The van der Waals surface area contributed by atoms with Crippen LogP contribution < -0.4 is 0 Å². The average Bonchev–Trinajstić information content (AvgIpc) is 2.94. The van der Waals surface area contributed by atoms with E-state index in [0.717, 1.165) is 11.1 Å². The largest absolute Gasteiger partial charge is 0.383 e. The zero-order chi connectivity index (χ0) is 18.3. The highest BCUT2D eigenvalue weighted by atomic mass is 16.8. The first-order chi connectivity index (χ1) is 11.6. The quantitative estimate of drug-likeness (QED) is 0.895. The van der Waals surface area contributed by atoms with Crippen LogP contribution in [0.3, 0.4) is 0 Å². The van der Waals surface area contributed by atoms with Gasteiger partial charge in [-0.2, -0.15) is 0 Å². The molecule has 2 N–H and O–H groups in total. The molecule has 0 unspecified atom stereocenters. The number of rotatable bonds is 4. The molecule has 0 aliphatic carbocycles. The topological polar surface area (TPSA) is 58.9 Å². The summed E-state index contributed by atoms with van der Waals surface area (Å²) >= 11 is 0. The van der Waals surface area contributed by atoms with E-state index in [-0.39, 0.29) is 0 Å². The summed E-state index contributed by atoms with van der Waals surface area (Å²) in [4.78, 5) is 0. The SMILES string of the molecule is CC1(C)O[C@H]([C@@](C)(O)c2ccccc2)[C@@H]([C@](C)(O)c2ccccc2)O1. The second kappa shape index (κ2) is 6.22. The van der Waals surface area contributed by atoms with Crippen molar-refractivity contribution in [2.75, 3.05) is 0 Å². The van der Waals surface area contributed by atoms with Gasteiger partial charge in [-0.3, -0.25) is 0 Å². The molecule has 1 saturated heterocycles. The van der Waals surface area contributed by atoms with Crippen LogP contribution >= 0.6 is 0 Å². The molecular formula is C21H26O4. The van der Waals surface area contributed by atoms with Gasteiger partial charge in [0.25, 0.3) is 0 Å². The Hall–Kier alpha value is -1.72. The molecule has 1 aliphatic heterocycles. The van der Waals surface area contributed by atoms with Gasteiger partial charge in [0.15, 0.2) is 5.79 Å². The molecule has 0 aromatic heterocycles. The Morgan fingerprint density at radius 2 is 1.04 bits per heavy atom. The Morgan fingerprint density at radius 1 is 0.720 bits per heavy atom. The summed E-state index contributed by atoms with van der Waals surface area (Å²) in [5.74, 6) is -0.910. The fourth-order valence-electron chi connectivity index (χ4n) is 3.46. The van der Waals surface area contributed by atoms with Crippen LogP contribution in [-0.2, 0) is 20.7 Å². The van der Waals surface area contributed by atoms with E-state index in [0.29, 0.717) is 0 Å². The number of ether oxygens (including phenoxy) is 2. The fraction of sp³-hybridized carbons (Fsp3) is 0.429. The van der Waals surface area contributed by atoms with Gasteiger partial charge in [-0.05, 0) is 38.8 Å². The van der Waals surface area contributed by atoms with Crippen molar-refractivity contribution in [2.45, 2.75) is 56.9 Å². The molecule has 2 aromatic carbocycles. The smallest absolute Gasteiger partial charge is 0.164 e. The molecule has 3 rings (SSSR count). The van der Waals surface area contributed by atoms with Gasteiger partial charge in [0.05, 0.1) is 0 Å². The molecule has 0 bridgehead atoms. The van der Waals surface area contributed by atoms with E-state index in [9.17, 15) is 10.2 Å². The lowest BCUT2D eigenvalue weighted by atomic mass is 9.79. The van der Waals surface area contributed by atoms with Crippen LogP contribution in [0.25, 0.3) is 0 Å². The minimum absolute atomic E-state index is 0.718. The molecule has 0 radical (unpaired) electrons. The summed E-state index contributed by atoms with van der Waals surface area (Å²) in [6.45, 7) is 6.99. The minimum atomic E-state index is -1.32. The van der Waals surface area contributed by atoms with Crippen molar-refractivity contribution in [3.05, 3.63) is 71.8 Å². The van der Waals surface area contributed by atoms with Crippen LogP contribution in [0, 0.1) is 0 Å². The summed E-state index contributed by atoms with van der Waals surface area (Å²) < 4.78 is 12.1. The molecule has 1 heterocycles. The van der Waals surface area contributed by atoms with Gasteiger partial charge in [0.1, 0.15) is 23.4 Å². The number of hydrogen-bond acceptors (Lipinski definition) is 4. The maximum atomic E-state index is 11.3. The van der Waals surface area contributed by atoms with Gasteiger partial charge in [-0.1, -0.05) is 60.7 Å². The van der Waals surface area contributed by atoms with Crippen molar-refractivity contribution in [3.8, 4) is 0 Å². The summed E-state index contributed by atoms with van der Waals surface area (Å²) in [6, 6.07) is 18.7. The summed E-state index contributed by atoms with van der Waals surface area (Å²) in [6.07, 6.45) is -1.47. The summed E-state index contributed by atoms with van der Waals surface area (Å²) in [7, 11) is 0.